The lowest BCUT2D eigenvalue weighted by atomic mass is 9.92. The van der Waals surface area contributed by atoms with Crippen molar-refractivity contribution in [3.05, 3.63) is 71.9 Å². The topological polar surface area (TPSA) is 135 Å². The Morgan fingerprint density at radius 2 is 1.70 bits per heavy atom. The number of aliphatic carboxylic acids is 1. The van der Waals surface area contributed by atoms with Gasteiger partial charge in [-0.3, -0.25) is 14.4 Å². The maximum absolute atomic E-state index is 14.9. The van der Waals surface area contributed by atoms with Crippen LogP contribution in [0, 0.1) is 5.92 Å². The van der Waals surface area contributed by atoms with E-state index in [9.17, 15) is 23.9 Å². The first-order chi connectivity index (χ1) is 17.6. The summed E-state index contributed by atoms with van der Waals surface area (Å²) in [4.78, 5) is 37.2. The number of aromatic nitrogens is 1. The van der Waals surface area contributed by atoms with Gasteiger partial charge in [0.1, 0.15) is 11.8 Å². The summed E-state index contributed by atoms with van der Waals surface area (Å²) < 4.78 is 16.8. The van der Waals surface area contributed by atoms with Gasteiger partial charge in [-0.05, 0) is 36.5 Å². The van der Waals surface area contributed by atoms with Gasteiger partial charge < -0.3 is 25.8 Å². The minimum Gasteiger partial charge on any atom is -0.481 e. The van der Waals surface area contributed by atoms with Crippen LogP contribution in [-0.4, -0.2) is 56.8 Å². The average molecular weight is 512 g/mol. The lowest BCUT2D eigenvalue weighted by molar-refractivity contribution is -0.140. The molecule has 2 aromatic carbocycles. The number of Topliss-reactive ketones (excluding diaryl/α,β-unsaturated/α-hetero) is 1. The van der Waals surface area contributed by atoms with E-state index in [-0.39, 0.29) is 0 Å². The molecule has 3 aromatic rings. The fraction of sp³-hybridized carbons (Fsp3) is 0.393. The van der Waals surface area contributed by atoms with Crippen LogP contribution in [0.25, 0.3) is 10.9 Å². The molecular weight excluding hydrogens is 477 g/mol. The fourth-order valence-electron chi connectivity index (χ4n) is 4.39. The summed E-state index contributed by atoms with van der Waals surface area (Å²) in [6.45, 7) is 3.85. The van der Waals surface area contributed by atoms with Crippen molar-refractivity contribution in [1.29, 1.82) is 0 Å². The highest BCUT2D eigenvalue weighted by Gasteiger charge is 2.38. The van der Waals surface area contributed by atoms with Crippen molar-refractivity contribution >= 4 is 28.6 Å². The predicted octanol–water partition coefficient (Wildman–Crippen LogP) is 3.10. The van der Waals surface area contributed by atoms with Gasteiger partial charge >= 0.3 is 5.97 Å². The highest BCUT2D eigenvalue weighted by molar-refractivity contribution is 6.01. The normalized spacial score (nSPS) is 14.8. The number of para-hydroxylation sites is 1. The van der Waals surface area contributed by atoms with Crippen LogP contribution >= 0.6 is 0 Å². The smallest absolute Gasteiger partial charge is 0.305 e. The number of carboxylic acid groups (broad SMARTS) is 1. The van der Waals surface area contributed by atoms with Crippen molar-refractivity contribution in [2.45, 2.75) is 64.0 Å². The predicted molar refractivity (Wildman–Crippen MR) is 139 cm³/mol. The molecule has 0 radical (unpaired) electrons. The second-order valence-electron chi connectivity index (χ2n) is 9.58. The van der Waals surface area contributed by atoms with Crippen molar-refractivity contribution in [3.8, 4) is 0 Å². The SMILES string of the molecule is CC(C)[C@H](NC(=O)c1cc2ccccc2n1CCCc1ccccc1)C(=O)C(F)C(O)C(N)CC(=O)O. The second kappa shape index (κ2) is 12.6. The minimum atomic E-state index is -2.45. The van der Waals surface area contributed by atoms with E-state index >= 15 is 0 Å². The van der Waals surface area contributed by atoms with E-state index < -0.39 is 54.4 Å². The van der Waals surface area contributed by atoms with Crippen molar-refractivity contribution in [3.63, 3.8) is 0 Å². The molecule has 0 aliphatic carbocycles. The lowest BCUT2D eigenvalue weighted by Gasteiger charge is -2.27. The number of amides is 1. The molecule has 3 rings (SSSR count). The van der Waals surface area contributed by atoms with E-state index in [1.807, 2.05) is 59.2 Å². The molecular formula is C28H34FN3O5. The van der Waals surface area contributed by atoms with Gasteiger partial charge in [-0.1, -0.05) is 62.4 Å². The number of nitrogens with one attached hydrogen (secondary N) is 1. The summed E-state index contributed by atoms with van der Waals surface area (Å²) in [5.74, 6) is -3.41. The maximum atomic E-state index is 14.9. The quantitative estimate of drug-likeness (QED) is 0.279. The molecule has 0 spiro atoms. The molecule has 0 bridgehead atoms. The number of carboxylic acids is 1. The highest BCUT2D eigenvalue weighted by Crippen LogP contribution is 2.22. The summed E-state index contributed by atoms with van der Waals surface area (Å²) in [5.41, 5.74) is 7.95. The number of hydrogen-bond acceptors (Lipinski definition) is 5. The van der Waals surface area contributed by atoms with E-state index in [1.165, 1.54) is 5.56 Å². The number of aryl methyl sites for hydroxylation is 2. The lowest BCUT2D eigenvalue weighted by Crippen LogP contribution is -2.53. The number of carbonyl (C=O) groups excluding carboxylic acids is 2. The Bertz CT molecular complexity index is 1230. The zero-order chi connectivity index (χ0) is 27.1. The Morgan fingerprint density at radius 3 is 2.35 bits per heavy atom. The van der Waals surface area contributed by atoms with Gasteiger partial charge in [0.25, 0.3) is 5.91 Å². The van der Waals surface area contributed by atoms with Gasteiger partial charge in [0.15, 0.2) is 12.0 Å². The summed E-state index contributed by atoms with van der Waals surface area (Å²) in [5, 5.41) is 22.5. The first kappa shape index (κ1) is 28.0. The summed E-state index contributed by atoms with van der Waals surface area (Å²) in [6.07, 6.45) is -3.56. The highest BCUT2D eigenvalue weighted by atomic mass is 19.1. The Hall–Kier alpha value is -3.56. The zero-order valence-electron chi connectivity index (χ0n) is 21.0. The van der Waals surface area contributed by atoms with Gasteiger partial charge in [-0.15, -0.1) is 0 Å². The van der Waals surface area contributed by atoms with E-state index in [4.69, 9.17) is 10.8 Å². The summed E-state index contributed by atoms with van der Waals surface area (Å²) in [6, 6.07) is 16.6. The number of halogens is 1. The molecule has 198 valence electrons. The molecule has 0 aliphatic heterocycles. The van der Waals surface area contributed by atoms with Crippen LogP contribution < -0.4 is 11.1 Å². The van der Waals surface area contributed by atoms with Crippen LogP contribution in [0.5, 0.6) is 0 Å². The van der Waals surface area contributed by atoms with Crippen molar-refractivity contribution in [2.24, 2.45) is 11.7 Å². The number of nitrogens with two attached hydrogens (primary N) is 1. The molecule has 1 aromatic heterocycles. The van der Waals surface area contributed by atoms with Crippen molar-refractivity contribution in [2.75, 3.05) is 0 Å². The fourth-order valence-corrected chi connectivity index (χ4v) is 4.39. The van der Waals surface area contributed by atoms with Crippen LogP contribution in [-0.2, 0) is 22.6 Å². The molecule has 4 atom stereocenters. The number of aliphatic hydroxyl groups is 1. The number of benzene rings is 2. The van der Waals surface area contributed by atoms with Gasteiger partial charge in [0, 0.05) is 23.5 Å². The molecule has 37 heavy (non-hydrogen) atoms. The van der Waals surface area contributed by atoms with Crippen LogP contribution in [0.15, 0.2) is 60.7 Å². The average Bonchev–Trinajstić information content (AvgIpc) is 3.24. The van der Waals surface area contributed by atoms with Gasteiger partial charge in [-0.25, -0.2) is 4.39 Å². The third kappa shape index (κ3) is 7.02. The molecule has 0 aliphatic rings. The number of carbonyl (C=O) groups is 3. The van der Waals surface area contributed by atoms with Gasteiger partial charge in [-0.2, -0.15) is 0 Å². The minimum absolute atomic E-state index is 0.339. The van der Waals surface area contributed by atoms with Crippen LogP contribution in [0.2, 0.25) is 0 Å². The summed E-state index contributed by atoms with van der Waals surface area (Å²) in [7, 11) is 0. The van der Waals surface area contributed by atoms with Gasteiger partial charge in [0.05, 0.1) is 12.5 Å². The van der Waals surface area contributed by atoms with Crippen molar-refractivity contribution < 1.29 is 29.0 Å². The van der Waals surface area contributed by atoms with E-state index in [1.54, 1.807) is 19.9 Å². The number of ketones is 1. The number of fused-ring (bicyclic) bond motifs is 1. The monoisotopic (exact) mass is 511 g/mol. The number of nitrogens with zero attached hydrogens (tertiary/aromatic N) is 1. The van der Waals surface area contributed by atoms with E-state index in [2.05, 4.69) is 5.32 Å². The molecule has 3 unspecified atom stereocenters. The Labute approximate surface area is 215 Å². The molecule has 0 fully saturated rings. The second-order valence-corrected chi connectivity index (χ2v) is 9.58. The number of aliphatic hydroxyl groups excluding tert-OH is 1. The van der Waals surface area contributed by atoms with Crippen LogP contribution in [0.1, 0.15) is 42.7 Å². The standard InChI is InChI=1S/C28H34FN3O5/c1-17(2)25(27(36)24(29)26(35)20(30)16-23(33)34)31-28(37)22-15-19-12-6-7-13-21(19)32(22)14-8-11-18-9-4-3-5-10-18/h3-7,9-10,12-13,15,17,20,24-26,35H,8,11,14,16,30H2,1-2H3,(H,31,37)(H,33,34)/t20?,24?,25-,26?/m0/s1. The third-order valence-electron chi connectivity index (χ3n) is 6.41. The number of hydrogen-bond donors (Lipinski definition) is 4. The number of alkyl halides is 1. The zero-order valence-corrected chi connectivity index (χ0v) is 21.0. The van der Waals surface area contributed by atoms with E-state index in [0.29, 0.717) is 12.2 Å². The van der Waals surface area contributed by atoms with Crippen LogP contribution in [0.3, 0.4) is 0 Å². The molecule has 1 heterocycles. The van der Waals surface area contributed by atoms with Gasteiger partial charge in [0.2, 0.25) is 0 Å². The largest absolute Gasteiger partial charge is 0.481 e. The van der Waals surface area contributed by atoms with Crippen LogP contribution in [0.4, 0.5) is 4.39 Å². The van der Waals surface area contributed by atoms with Crippen molar-refractivity contribution in [1.82, 2.24) is 9.88 Å². The maximum Gasteiger partial charge on any atom is 0.305 e. The molecule has 1 amide bonds. The molecule has 0 saturated carbocycles. The Kier molecular flexibility index (Phi) is 9.54. The molecule has 8 nitrogen and oxygen atoms in total. The Morgan fingerprint density at radius 1 is 1.05 bits per heavy atom. The molecule has 9 heteroatoms. The first-order valence-corrected chi connectivity index (χ1v) is 12.4. The molecule has 5 N–H and O–H groups in total. The summed E-state index contributed by atoms with van der Waals surface area (Å²) >= 11 is 0. The van der Waals surface area contributed by atoms with E-state index in [0.717, 1.165) is 23.7 Å². The Balaban J connectivity index is 1.80. The first-order valence-electron chi connectivity index (χ1n) is 12.4. The third-order valence-corrected chi connectivity index (χ3v) is 6.41. The number of rotatable bonds is 13. The molecule has 0 saturated heterocycles.